The number of benzene rings is 3. The Bertz CT molecular complexity index is 1180. The Labute approximate surface area is 203 Å². The molecule has 0 radical (unpaired) electrons. The number of methoxy groups -OCH3 is 3. The molecule has 6 nitrogen and oxygen atoms in total. The summed E-state index contributed by atoms with van der Waals surface area (Å²) in [6.07, 6.45) is 2.57. The molecule has 1 fully saturated rings. The van der Waals surface area contributed by atoms with Gasteiger partial charge in [-0.2, -0.15) is 0 Å². The summed E-state index contributed by atoms with van der Waals surface area (Å²) in [7, 11) is 4.70. The number of hydrogen-bond donors (Lipinski definition) is 0. The van der Waals surface area contributed by atoms with E-state index < -0.39 is 0 Å². The first-order valence-electron chi connectivity index (χ1n) is 10.8. The normalized spacial score (nSPS) is 15.7. The predicted octanol–water partition coefficient (Wildman–Crippen LogP) is 5.56. The molecule has 1 aliphatic rings. The average Bonchev–Trinajstić information content (AvgIpc) is 3.16. The largest absolute Gasteiger partial charge is 0.493 e. The number of carbonyl (C=O) groups excluding carboxylic acids is 1. The molecule has 0 saturated carbocycles. The van der Waals surface area contributed by atoms with E-state index in [1.54, 1.807) is 26.2 Å². The van der Waals surface area contributed by atoms with Crippen molar-refractivity contribution in [2.24, 2.45) is 4.99 Å². The van der Waals surface area contributed by atoms with Crippen LogP contribution in [0, 0.1) is 0 Å². The van der Waals surface area contributed by atoms with Crippen molar-refractivity contribution in [3.8, 4) is 17.2 Å². The molecule has 0 bridgehead atoms. The summed E-state index contributed by atoms with van der Waals surface area (Å²) in [5, 5.41) is 0.658. The molecule has 0 spiro atoms. The first-order valence-corrected chi connectivity index (χ1v) is 11.6. The Hall–Kier alpha value is -3.71. The molecule has 174 valence electrons. The average molecular weight is 475 g/mol. The second-order valence-corrected chi connectivity index (χ2v) is 8.50. The summed E-state index contributed by atoms with van der Waals surface area (Å²) in [5.74, 6) is 1.49. The fraction of sp³-hybridized carbons (Fsp3) is 0.185. The van der Waals surface area contributed by atoms with Crippen LogP contribution in [-0.2, 0) is 11.2 Å². The summed E-state index contributed by atoms with van der Waals surface area (Å²) in [5.41, 5.74) is 2.74. The molecule has 3 aromatic carbocycles. The number of amides is 1. The minimum Gasteiger partial charge on any atom is -0.493 e. The van der Waals surface area contributed by atoms with Crippen molar-refractivity contribution in [2.45, 2.75) is 6.42 Å². The van der Waals surface area contributed by atoms with Crippen molar-refractivity contribution in [3.63, 3.8) is 0 Å². The molecule has 0 aliphatic carbocycles. The highest BCUT2D eigenvalue weighted by atomic mass is 32.2. The third-order valence-electron chi connectivity index (χ3n) is 5.32. The van der Waals surface area contributed by atoms with Crippen molar-refractivity contribution in [2.75, 3.05) is 27.9 Å². The second kappa shape index (κ2) is 10.9. The fourth-order valence-electron chi connectivity index (χ4n) is 3.62. The van der Waals surface area contributed by atoms with Crippen LogP contribution in [0.25, 0.3) is 6.08 Å². The van der Waals surface area contributed by atoms with E-state index in [4.69, 9.17) is 19.2 Å². The molecule has 7 heteroatoms. The van der Waals surface area contributed by atoms with Crippen molar-refractivity contribution < 1.29 is 19.0 Å². The van der Waals surface area contributed by atoms with Gasteiger partial charge in [0.2, 0.25) is 5.75 Å². The lowest BCUT2D eigenvalue weighted by molar-refractivity contribution is -0.122. The van der Waals surface area contributed by atoms with Crippen molar-refractivity contribution in [3.05, 3.63) is 88.8 Å². The number of para-hydroxylation sites is 1. The van der Waals surface area contributed by atoms with Crippen molar-refractivity contribution >= 4 is 34.6 Å². The van der Waals surface area contributed by atoms with E-state index >= 15 is 0 Å². The summed E-state index contributed by atoms with van der Waals surface area (Å²) in [6, 6.07) is 23.4. The molecule has 34 heavy (non-hydrogen) atoms. The Balaban J connectivity index is 1.68. The minimum absolute atomic E-state index is 0.0793. The number of carbonyl (C=O) groups is 1. The highest BCUT2D eigenvalue weighted by molar-refractivity contribution is 8.18. The molecule has 1 heterocycles. The van der Waals surface area contributed by atoms with E-state index in [-0.39, 0.29) is 5.91 Å². The number of ether oxygens (including phenoxy) is 3. The zero-order valence-electron chi connectivity index (χ0n) is 19.4. The molecule has 1 saturated heterocycles. The molecular weight excluding hydrogens is 448 g/mol. The predicted molar refractivity (Wildman–Crippen MR) is 137 cm³/mol. The van der Waals surface area contributed by atoms with Gasteiger partial charge in [-0.25, -0.2) is 4.99 Å². The van der Waals surface area contributed by atoms with E-state index in [2.05, 4.69) is 12.1 Å². The molecule has 3 aromatic rings. The third kappa shape index (κ3) is 5.26. The van der Waals surface area contributed by atoms with Gasteiger partial charge in [-0.1, -0.05) is 48.5 Å². The lowest BCUT2D eigenvalue weighted by Crippen LogP contribution is -2.31. The maximum Gasteiger partial charge on any atom is 0.266 e. The topological polar surface area (TPSA) is 60.4 Å². The lowest BCUT2D eigenvalue weighted by atomic mass is 10.1. The summed E-state index contributed by atoms with van der Waals surface area (Å²) in [4.78, 5) is 20.5. The number of thioether (sulfide) groups is 1. The van der Waals surface area contributed by atoms with Gasteiger partial charge < -0.3 is 14.2 Å². The van der Waals surface area contributed by atoms with Crippen LogP contribution < -0.4 is 14.2 Å². The SMILES string of the molecule is COc1cc(/C=C2/SC(=Nc3ccccc3)N(CCc3ccccc3)C2=O)cc(OC)c1OC. The van der Waals surface area contributed by atoms with E-state index in [0.29, 0.717) is 33.9 Å². The van der Waals surface area contributed by atoms with Gasteiger partial charge in [-0.05, 0) is 59.7 Å². The van der Waals surface area contributed by atoms with E-state index in [1.165, 1.54) is 17.3 Å². The number of amidine groups is 1. The number of aliphatic imine (C=N–C) groups is 1. The van der Waals surface area contributed by atoms with Gasteiger partial charge >= 0.3 is 0 Å². The highest BCUT2D eigenvalue weighted by Crippen LogP contribution is 2.40. The van der Waals surface area contributed by atoms with Gasteiger partial charge in [0, 0.05) is 6.54 Å². The van der Waals surface area contributed by atoms with E-state index in [0.717, 1.165) is 17.7 Å². The van der Waals surface area contributed by atoms with Gasteiger partial charge in [0.25, 0.3) is 5.91 Å². The van der Waals surface area contributed by atoms with Crippen molar-refractivity contribution in [1.29, 1.82) is 0 Å². The van der Waals surface area contributed by atoms with Crippen LogP contribution in [0.15, 0.2) is 82.7 Å². The van der Waals surface area contributed by atoms with Gasteiger partial charge in [-0.15, -0.1) is 0 Å². The third-order valence-corrected chi connectivity index (χ3v) is 6.33. The Morgan fingerprint density at radius 1 is 0.882 bits per heavy atom. The zero-order valence-corrected chi connectivity index (χ0v) is 20.2. The maximum absolute atomic E-state index is 13.4. The monoisotopic (exact) mass is 474 g/mol. The Morgan fingerprint density at radius 2 is 1.50 bits per heavy atom. The van der Waals surface area contributed by atoms with Gasteiger partial charge in [0.15, 0.2) is 16.7 Å². The van der Waals surface area contributed by atoms with Crippen LogP contribution in [-0.4, -0.2) is 43.8 Å². The van der Waals surface area contributed by atoms with Crippen LogP contribution >= 0.6 is 11.8 Å². The standard InChI is InChI=1S/C27H26N2O4S/c1-31-22-16-20(17-23(32-2)25(22)33-3)18-24-26(30)29(15-14-19-10-6-4-7-11-19)27(34-24)28-21-12-8-5-9-13-21/h4-13,16-18H,14-15H2,1-3H3/b24-18+,28-27?. The van der Waals surface area contributed by atoms with Crippen LogP contribution in [0.5, 0.6) is 17.2 Å². The van der Waals surface area contributed by atoms with Crippen molar-refractivity contribution in [1.82, 2.24) is 4.90 Å². The first-order chi connectivity index (χ1) is 16.6. The molecule has 4 rings (SSSR count). The van der Waals surface area contributed by atoms with E-state index in [9.17, 15) is 4.79 Å². The zero-order chi connectivity index (χ0) is 23.9. The molecule has 0 unspecified atom stereocenters. The quantitative estimate of drug-likeness (QED) is 0.400. The summed E-state index contributed by atoms with van der Waals surface area (Å²) in [6.45, 7) is 0.536. The van der Waals surface area contributed by atoms with E-state index in [1.807, 2.05) is 66.7 Å². The smallest absolute Gasteiger partial charge is 0.266 e. The Kier molecular flexibility index (Phi) is 7.54. The van der Waals surface area contributed by atoms with Crippen LogP contribution in [0.1, 0.15) is 11.1 Å². The van der Waals surface area contributed by atoms with Gasteiger partial charge in [0.05, 0.1) is 31.9 Å². The highest BCUT2D eigenvalue weighted by Gasteiger charge is 2.33. The number of rotatable bonds is 8. The number of nitrogens with zero attached hydrogens (tertiary/aromatic N) is 2. The van der Waals surface area contributed by atoms with Crippen LogP contribution in [0.4, 0.5) is 5.69 Å². The first kappa shape index (κ1) is 23.4. The summed E-state index contributed by atoms with van der Waals surface area (Å²) >= 11 is 1.36. The number of hydrogen-bond acceptors (Lipinski definition) is 6. The minimum atomic E-state index is -0.0793. The van der Waals surface area contributed by atoms with Gasteiger partial charge in [0.1, 0.15) is 0 Å². The molecule has 1 amide bonds. The molecule has 0 atom stereocenters. The Morgan fingerprint density at radius 3 is 2.09 bits per heavy atom. The summed E-state index contributed by atoms with van der Waals surface area (Å²) < 4.78 is 16.3. The lowest BCUT2D eigenvalue weighted by Gasteiger charge is -2.15. The molecular formula is C27H26N2O4S. The maximum atomic E-state index is 13.4. The fourth-order valence-corrected chi connectivity index (χ4v) is 4.65. The van der Waals surface area contributed by atoms with Crippen LogP contribution in [0.3, 0.4) is 0 Å². The van der Waals surface area contributed by atoms with Crippen LogP contribution in [0.2, 0.25) is 0 Å². The van der Waals surface area contributed by atoms with Gasteiger partial charge in [-0.3, -0.25) is 9.69 Å². The molecule has 0 N–H and O–H groups in total. The molecule has 1 aliphatic heterocycles. The second-order valence-electron chi connectivity index (χ2n) is 7.49. The molecule has 0 aromatic heterocycles.